The molecule has 0 fully saturated rings. The fourth-order valence-electron chi connectivity index (χ4n) is 10.5. The smallest absolute Gasteiger partial charge is 0.233 e. The normalized spacial score (nSPS) is 14.3. The third-order valence-electron chi connectivity index (χ3n) is 13.2. The molecule has 0 saturated carbocycles. The average Bonchev–Trinajstić information content (AvgIpc) is 3.81. The molecule has 0 radical (unpaired) electrons. The maximum atomic E-state index is 2.44. The van der Waals surface area contributed by atoms with Gasteiger partial charge >= 0.3 is 0 Å². The Morgan fingerprint density at radius 1 is 0.509 bits per heavy atom. The Morgan fingerprint density at radius 2 is 1.09 bits per heavy atom. The van der Waals surface area contributed by atoms with Gasteiger partial charge in [0, 0.05) is 18.9 Å². The molecular weight excluding hydrogens is 691 g/mol. The lowest BCUT2D eigenvalue weighted by Crippen LogP contribution is -2.40. The zero-order valence-corrected chi connectivity index (χ0v) is 32.0. The lowest BCUT2D eigenvalue weighted by atomic mass is 9.67. The van der Waals surface area contributed by atoms with Gasteiger partial charge in [0.1, 0.15) is 12.4 Å². The zero-order chi connectivity index (χ0) is 37.7. The first-order chi connectivity index (χ1) is 28.1. The van der Waals surface area contributed by atoms with E-state index in [1.165, 1.54) is 100 Å². The van der Waals surface area contributed by atoms with Crippen molar-refractivity contribution in [3.63, 3.8) is 0 Å². The van der Waals surface area contributed by atoms with E-state index >= 15 is 0 Å². The molecule has 270 valence electrons. The lowest BCUT2D eigenvalue weighted by Gasteiger charge is -2.34. The Kier molecular flexibility index (Phi) is 7.01. The van der Waals surface area contributed by atoms with Crippen LogP contribution in [0.25, 0.3) is 66.8 Å². The summed E-state index contributed by atoms with van der Waals surface area (Å²) in [6, 6.07) is 62.2. The van der Waals surface area contributed by atoms with Crippen LogP contribution in [0.15, 0.2) is 182 Å². The number of aryl methyl sites for hydroxylation is 5. The van der Waals surface area contributed by atoms with E-state index in [0.29, 0.717) is 0 Å². The fraction of sp³-hybridized carbons (Fsp3) is 0.111. The summed E-state index contributed by atoms with van der Waals surface area (Å²) in [6.07, 6.45) is 8.74. The summed E-state index contributed by atoms with van der Waals surface area (Å²) in [6.45, 7) is 2.04. The Labute approximate surface area is 333 Å². The van der Waals surface area contributed by atoms with Crippen molar-refractivity contribution in [2.45, 2.75) is 31.3 Å². The molecule has 3 heteroatoms. The maximum Gasteiger partial charge on any atom is 0.288 e. The second-order valence-corrected chi connectivity index (χ2v) is 16.1. The first kappa shape index (κ1) is 32.4. The van der Waals surface area contributed by atoms with Crippen molar-refractivity contribution in [2.75, 3.05) is 0 Å². The molecule has 2 aromatic heterocycles. The lowest BCUT2D eigenvalue weighted by molar-refractivity contribution is -0.686. The van der Waals surface area contributed by atoms with Crippen molar-refractivity contribution in [3.8, 4) is 56.0 Å². The molecule has 12 rings (SSSR count). The monoisotopic (exact) mass is 731 g/mol. The van der Waals surface area contributed by atoms with E-state index in [2.05, 4.69) is 203 Å². The molecule has 0 bridgehead atoms. The number of hydrogen-bond acceptors (Lipinski definition) is 0. The molecule has 0 atom stereocenters. The molecule has 0 spiro atoms. The molecule has 0 saturated heterocycles. The highest BCUT2D eigenvalue weighted by Crippen LogP contribution is 2.56. The van der Waals surface area contributed by atoms with Crippen LogP contribution in [-0.4, -0.2) is 4.57 Å². The van der Waals surface area contributed by atoms with Crippen LogP contribution in [0.2, 0.25) is 0 Å². The van der Waals surface area contributed by atoms with Crippen LogP contribution >= 0.6 is 0 Å². The molecule has 1 aliphatic carbocycles. The van der Waals surface area contributed by atoms with Gasteiger partial charge in [0.25, 0.3) is 5.82 Å². The van der Waals surface area contributed by atoms with Gasteiger partial charge < -0.3 is 0 Å². The molecular formula is C54H41N3+2. The van der Waals surface area contributed by atoms with Gasteiger partial charge in [0.2, 0.25) is 5.69 Å². The van der Waals surface area contributed by atoms with Crippen LogP contribution in [0, 0.1) is 0 Å². The van der Waals surface area contributed by atoms with E-state index in [1.807, 2.05) is 0 Å². The number of fused-ring (bicyclic) bond motifs is 11. The molecule has 3 nitrogen and oxygen atoms in total. The van der Waals surface area contributed by atoms with E-state index in [4.69, 9.17) is 0 Å². The molecule has 7 aromatic carbocycles. The number of hydrogen-bond donors (Lipinski definition) is 0. The molecule has 0 unspecified atom stereocenters. The van der Waals surface area contributed by atoms with E-state index in [1.54, 1.807) is 0 Å². The van der Waals surface area contributed by atoms with Gasteiger partial charge in [-0.15, -0.1) is 0 Å². The predicted octanol–water partition coefficient (Wildman–Crippen LogP) is 10.9. The van der Waals surface area contributed by atoms with Gasteiger partial charge in [-0.2, -0.15) is 4.57 Å². The minimum absolute atomic E-state index is 0.459. The zero-order valence-electron chi connectivity index (χ0n) is 32.0. The quantitative estimate of drug-likeness (QED) is 0.160. The highest BCUT2D eigenvalue weighted by atomic mass is 15.1. The van der Waals surface area contributed by atoms with E-state index in [-0.39, 0.29) is 0 Å². The molecule has 0 amide bonds. The fourth-order valence-corrected chi connectivity index (χ4v) is 10.5. The third kappa shape index (κ3) is 4.72. The molecule has 2 aliphatic heterocycles. The third-order valence-corrected chi connectivity index (χ3v) is 13.2. The topological polar surface area (TPSA) is 12.7 Å². The van der Waals surface area contributed by atoms with Gasteiger partial charge in [0.15, 0.2) is 12.7 Å². The maximum absolute atomic E-state index is 2.44. The second kappa shape index (κ2) is 12.3. The highest BCUT2D eigenvalue weighted by molar-refractivity contribution is 5.95. The number of pyridine rings is 1. The minimum atomic E-state index is -0.459. The van der Waals surface area contributed by atoms with Crippen LogP contribution < -0.4 is 9.13 Å². The summed E-state index contributed by atoms with van der Waals surface area (Å²) in [7, 11) is 2.15. The molecule has 0 N–H and O–H groups in total. The van der Waals surface area contributed by atoms with Crippen molar-refractivity contribution in [1.29, 1.82) is 0 Å². The summed E-state index contributed by atoms with van der Waals surface area (Å²) < 4.78 is 7.07. The number of imidazole rings is 1. The van der Waals surface area contributed by atoms with Crippen molar-refractivity contribution < 1.29 is 9.13 Å². The average molecular weight is 732 g/mol. The Hall–Kier alpha value is -6.84. The predicted molar refractivity (Wildman–Crippen MR) is 230 cm³/mol. The van der Waals surface area contributed by atoms with E-state index in [9.17, 15) is 0 Å². The second-order valence-electron chi connectivity index (χ2n) is 16.1. The molecule has 9 aromatic rings. The summed E-state index contributed by atoms with van der Waals surface area (Å²) in [5.74, 6) is 1.28. The first-order valence-corrected chi connectivity index (χ1v) is 20.3. The van der Waals surface area contributed by atoms with Crippen LogP contribution in [0.5, 0.6) is 0 Å². The first-order valence-electron chi connectivity index (χ1n) is 20.3. The van der Waals surface area contributed by atoms with Crippen molar-refractivity contribution in [2.24, 2.45) is 7.05 Å². The van der Waals surface area contributed by atoms with Gasteiger partial charge in [-0.3, -0.25) is 0 Å². The summed E-state index contributed by atoms with van der Waals surface area (Å²) in [5, 5.41) is 2.60. The number of benzene rings is 7. The molecule has 3 aliphatic rings. The summed E-state index contributed by atoms with van der Waals surface area (Å²) >= 11 is 0. The Bertz CT molecular complexity index is 3030. The van der Waals surface area contributed by atoms with Crippen LogP contribution in [0.4, 0.5) is 0 Å². The Morgan fingerprint density at radius 3 is 1.77 bits per heavy atom. The van der Waals surface area contributed by atoms with Crippen molar-refractivity contribution >= 4 is 10.8 Å². The number of aromatic nitrogens is 3. The van der Waals surface area contributed by atoms with Gasteiger partial charge in [-0.1, -0.05) is 140 Å². The summed E-state index contributed by atoms with van der Waals surface area (Å²) in [5.41, 5.74) is 19.2. The Balaban J connectivity index is 0.981. The van der Waals surface area contributed by atoms with E-state index in [0.717, 1.165) is 25.9 Å². The van der Waals surface area contributed by atoms with E-state index < -0.39 is 5.41 Å². The van der Waals surface area contributed by atoms with Crippen LogP contribution in [0.3, 0.4) is 0 Å². The number of nitrogens with zero attached hydrogens (tertiary/aromatic N) is 3. The van der Waals surface area contributed by atoms with Crippen molar-refractivity contribution in [1.82, 2.24) is 4.57 Å². The van der Waals surface area contributed by atoms with Gasteiger partial charge in [-0.25, -0.2) is 9.13 Å². The van der Waals surface area contributed by atoms with Crippen LogP contribution in [-0.2, 0) is 38.4 Å². The highest BCUT2D eigenvalue weighted by Gasteiger charge is 2.46. The summed E-state index contributed by atoms with van der Waals surface area (Å²) in [4.78, 5) is 0. The van der Waals surface area contributed by atoms with Crippen LogP contribution in [0.1, 0.15) is 33.4 Å². The molecule has 4 heterocycles. The van der Waals surface area contributed by atoms with Crippen molar-refractivity contribution in [3.05, 3.63) is 216 Å². The number of rotatable bonds is 4. The largest absolute Gasteiger partial charge is 0.288 e. The van der Waals surface area contributed by atoms with Gasteiger partial charge in [-0.05, 0) is 90.3 Å². The SMILES string of the molecule is C[n+]1ccn2c1-c1cc(-c3ccc(C4(c5ccc(-c6ccc7c(c6)-c6c8ccccc8cc[n+]6CC7)cc5)c5ccccc5-c5ccccc54)cc3)ccc1CC2. The van der Waals surface area contributed by atoms with Gasteiger partial charge in [0.05, 0.1) is 35.5 Å². The minimum Gasteiger partial charge on any atom is -0.233 e. The molecule has 57 heavy (non-hydrogen) atoms. The standard InChI is InChI=1S/C54H41N3/c1-55-32-33-57-31-28-40-15-17-42(35-49(40)53(55)57)37-20-24-44(25-21-37)54(50-12-6-4-10-46(50)47-11-5-7-13-51(47)54)43-22-18-36(19-23-43)41-16-14-39-27-30-56-29-26-38-8-2-3-9-45(38)52(56)48(39)34-41/h2-26,29,32-35H,27-28,30-31H2,1H3/q+2.